The number of nitrogens with zero attached hydrogens (tertiary/aromatic N) is 3. The molecule has 0 aromatic carbocycles. The SMILES string of the molecule is Cc1cc(N2C3CCC2CC(=CC2CC2)C3)ncn1. The van der Waals surface area contributed by atoms with E-state index in [9.17, 15) is 0 Å². The molecule has 1 aromatic rings. The minimum atomic E-state index is 0.679. The van der Waals surface area contributed by atoms with E-state index in [1.165, 1.54) is 38.5 Å². The molecule has 0 N–H and O–H groups in total. The molecule has 3 heteroatoms. The van der Waals surface area contributed by atoms with Gasteiger partial charge in [-0.25, -0.2) is 9.97 Å². The van der Waals surface area contributed by atoms with Gasteiger partial charge < -0.3 is 4.90 Å². The zero-order chi connectivity index (χ0) is 12.8. The molecular formula is C16H21N3. The molecule has 3 aliphatic rings. The van der Waals surface area contributed by atoms with Crippen molar-refractivity contribution in [3.05, 3.63) is 29.7 Å². The lowest BCUT2D eigenvalue weighted by atomic mass is 9.95. The molecule has 0 amide bonds. The van der Waals surface area contributed by atoms with Crippen LogP contribution in [0.3, 0.4) is 0 Å². The Bertz CT molecular complexity index is 502. The first-order valence-corrected chi connectivity index (χ1v) is 7.56. The Hall–Kier alpha value is -1.38. The molecule has 4 rings (SSSR count). The molecule has 100 valence electrons. The zero-order valence-corrected chi connectivity index (χ0v) is 11.5. The van der Waals surface area contributed by atoms with Crippen molar-refractivity contribution < 1.29 is 0 Å². The maximum absolute atomic E-state index is 4.50. The third-order valence-electron chi connectivity index (χ3n) is 4.76. The van der Waals surface area contributed by atoms with Gasteiger partial charge in [-0.2, -0.15) is 0 Å². The third kappa shape index (κ3) is 2.15. The van der Waals surface area contributed by atoms with Crippen molar-refractivity contribution in [1.82, 2.24) is 9.97 Å². The first kappa shape index (κ1) is 11.4. The fourth-order valence-corrected chi connectivity index (χ4v) is 3.74. The van der Waals surface area contributed by atoms with Crippen LogP contribution in [0.4, 0.5) is 5.82 Å². The molecule has 0 radical (unpaired) electrons. The van der Waals surface area contributed by atoms with Gasteiger partial charge in [0.05, 0.1) is 0 Å². The highest BCUT2D eigenvalue weighted by Crippen LogP contribution is 2.42. The molecule has 2 atom stereocenters. The normalized spacial score (nSPS) is 29.7. The van der Waals surface area contributed by atoms with Crippen molar-refractivity contribution in [2.45, 2.75) is 57.5 Å². The minimum Gasteiger partial charge on any atom is -0.350 e. The minimum absolute atomic E-state index is 0.679. The van der Waals surface area contributed by atoms with Crippen molar-refractivity contribution in [2.75, 3.05) is 4.90 Å². The number of rotatable bonds is 2. The van der Waals surface area contributed by atoms with Crippen LogP contribution in [0.25, 0.3) is 0 Å². The maximum atomic E-state index is 4.50. The zero-order valence-electron chi connectivity index (χ0n) is 11.5. The van der Waals surface area contributed by atoms with Crippen LogP contribution in [0.15, 0.2) is 24.0 Å². The summed E-state index contributed by atoms with van der Waals surface area (Å²) in [5.41, 5.74) is 2.79. The summed E-state index contributed by atoms with van der Waals surface area (Å²) in [4.78, 5) is 11.3. The summed E-state index contributed by atoms with van der Waals surface area (Å²) in [6.45, 7) is 2.05. The van der Waals surface area contributed by atoms with Crippen LogP contribution in [-0.2, 0) is 0 Å². The molecule has 1 aliphatic carbocycles. The monoisotopic (exact) mass is 255 g/mol. The van der Waals surface area contributed by atoms with E-state index < -0.39 is 0 Å². The van der Waals surface area contributed by atoms with E-state index in [2.05, 4.69) is 33.9 Å². The van der Waals surface area contributed by atoms with Crippen molar-refractivity contribution in [1.29, 1.82) is 0 Å². The molecule has 3 nitrogen and oxygen atoms in total. The summed E-state index contributed by atoms with van der Waals surface area (Å²) in [6.07, 6.45) is 12.3. The summed E-state index contributed by atoms with van der Waals surface area (Å²) in [6, 6.07) is 3.50. The molecule has 3 fully saturated rings. The molecule has 2 unspecified atom stereocenters. The van der Waals surface area contributed by atoms with Gasteiger partial charge in [-0.15, -0.1) is 0 Å². The Morgan fingerprint density at radius 3 is 2.47 bits per heavy atom. The molecule has 2 aliphatic heterocycles. The van der Waals surface area contributed by atoms with Gasteiger partial charge in [-0.3, -0.25) is 0 Å². The van der Waals surface area contributed by atoms with Crippen LogP contribution in [0.1, 0.15) is 44.2 Å². The maximum Gasteiger partial charge on any atom is 0.132 e. The molecule has 2 saturated heterocycles. The Morgan fingerprint density at radius 1 is 1.11 bits per heavy atom. The molecule has 1 saturated carbocycles. The first-order valence-electron chi connectivity index (χ1n) is 7.56. The standard InChI is InChI=1S/C16H21N3/c1-11-6-16(18-10-17-11)19-14-4-5-15(19)9-13(8-14)7-12-2-3-12/h6-7,10,12,14-15H,2-5,8-9H2,1H3. The van der Waals surface area contributed by atoms with E-state index in [4.69, 9.17) is 0 Å². The Morgan fingerprint density at radius 2 is 1.84 bits per heavy atom. The largest absolute Gasteiger partial charge is 0.350 e. The number of anilines is 1. The van der Waals surface area contributed by atoms with Crippen LogP contribution in [0.5, 0.6) is 0 Å². The Balaban J connectivity index is 1.59. The predicted molar refractivity (Wildman–Crippen MR) is 76.1 cm³/mol. The molecule has 3 heterocycles. The molecule has 0 spiro atoms. The second-order valence-corrected chi connectivity index (χ2v) is 6.38. The van der Waals surface area contributed by atoms with Crippen molar-refractivity contribution in [3.63, 3.8) is 0 Å². The number of piperidine rings is 1. The molecule has 2 bridgehead atoms. The average Bonchev–Trinajstić information content (AvgIpc) is 3.15. The van der Waals surface area contributed by atoms with Crippen LogP contribution in [-0.4, -0.2) is 22.1 Å². The van der Waals surface area contributed by atoms with Gasteiger partial charge in [0.2, 0.25) is 0 Å². The summed E-state index contributed by atoms with van der Waals surface area (Å²) < 4.78 is 0. The Kier molecular flexibility index (Phi) is 2.61. The van der Waals surface area contributed by atoms with Gasteiger partial charge in [0, 0.05) is 23.8 Å². The quantitative estimate of drug-likeness (QED) is 0.760. The van der Waals surface area contributed by atoms with E-state index in [0.29, 0.717) is 12.1 Å². The number of hydrogen-bond donors (Lipinski definition) is 0. The molecule has 19 heavy (non-hydrogen) atoms. The van der Waals surface area contributed by atoms with Gasteiger partial charge in [-0.05, 0) is 51.4 Å². The first-order chi connectivity index (χ1) is 9.29. The van der Waals surface area contributed by atoms with Crippen LogP contribution >= 0.6 is 0 Å². The van der Waals surface area contributed by atoms with Gasteiger partial charge in [0.15, 0.2) is 0 Å². The lowest BCUT2D eigenvalue weighted by molar-refractivity contribution is 0.541. The summed E-state index contributed by atoms with van der Waals surface area (Å²) in [7, 11) is 0. The lowest BCUT2D eigenvalue weighted by Crippen LogP contribution is -2.41. The highest BCUT2D eigenvalue weighted by molar-refractivity contribution is 5.46. The summed E-state index contributed by atoms with van der Waals surface area (Å²) in [5, 5.41) is 0. The van der Waals surface area contributed by atoms with E-state index in [1.54, 1.807) is 11.9 Å². The van der Waals surface area contributed by atoms with Crippen molar-refractivity contribution >= 4 is 5.82 Å². The van der Waals surface area contributed by atoms with Crippen molar-refractivity contribution in [2.24, 2.45) is 5.92 Å². The number of aryl methyl sites for hydroxylation is 1. The van der Waals surface area contributed by atoms with Crippen LogP contribution < -0.4 is 4.90 Å². The second-order valence-electron chi connectivity index (χ2n) is 6.38. The number of hydrogen-bond acceptors (Lipinski definition) is 3. The highest BCUT2D eigenvalue weighted by Gasteiger charge is 2.39. The third-order valence-corrected chi connectivity index (χ3v) is 4.76. The lowest BCUT2D eigenvalue weighted by Gasteiger charge is -2.37. The molecular weight excluding hydrogens is 234 g/mol. The summed E-state index contributed by atoms with van der Waals surface area (Å²) in [5.74, 6) is 2.06. The predicted octanol–water partition coefficient (Wildman–Crippen LogP) is 3.25. The van der Waals surface area contributed by atoms with Gasteiger partial charge >= 0.3 is 0 Å². The van der Waals surface area contributed by atoms with E-state index in [-0.39, 0.29) is 0 Å². The highest BCUT2D eigenvalue weighted by atomic mass is 15.3. The van der Waals surface area contributed by atoms with E-state index in [1.807, 2.05) is 0 Å². The Labute approximate surface area is 114 Å². The van der Waals surface area contributed by atoms with Gasteiger partial charge in [0.1, 0.15) is 12.1 Å². The smallest absolute Gasteiger partial charge is 0.132 e. The number of aromatic nitrogens is 2. The number of allylic oxidation sites excluding steroid dienone is 1. The van der Waals surface area contributed by atoms with Crippen molar-refractivity contribution in [3.8, 4) is 0 Å². The van der Waals surface area contributed by atoms with Gasteiger partial charge in [-0.1, -0.05) is 11.6 Å². The van der Waals surface area contributed by atoms with E-state index >= 15 is 0 Å². The second kappa shape index (κ2) is 4.32. The van der Waals surface area contributed by atoms with Gasteiger partial charge in [0.25, 0.3) is 0 Å². The summed E-state index contributed by atoms with van der Waals surface area (Å²) >= 11 is 0. The fraction of sp³-hybridized carbons (Fsp3) is 0.625. The molecule has 1 aromatic heterocycles. The average molecular weight is 255 g/mol. The van der Waals surface area contributed by atoms with Crippen LogP contribution in [0, 0.1) is 12.8 Å². The van der Waals surface area contributed by atoms with Crippen LogP contribution in [0.2, 0.25) is 0 Å². The van der Waals surface area contributed by atoms with E-state index in [0.717, 1.165) is 17.4 Å². The topological polar surface area (TPSA) is 29.0 Å². The number of fused-ring (bicyclic) bond motifs is 2. The fourth-order valence-electron chi connectivity index (χ4n) is 3.74.